The summed E-state index contributed by atoms with van der Waals surface area (Å²) in [4.78, 5) is 0. The largest absolute Gasteiger partial charge is 0.306 e. The van der Waals surface area contributed by atoms with Crippen molar-refractivity contribution in [2.24, 2.45) is 5.10 Å². The standard InChI is InChI=1S/C14H12ClIN2/c15-14-7-2-1-5-12(14)10-18-17-9-11-4-3-6-13(16)8-11/h1-9,18H,10H2/b17-9-. The van der Waals surface area contributed by atoms with Gasteiger partial charge >= 0.3 is 0 Å². The van der Waals surface area contributed by atoms with E-state index in [9.17, 15) is 0 Å². The molecule has 92 valence electrons. The first kappa shape index (κ1) is 13.4. The van der Waals surface area contributed by atoms with Gasteiger partial charge in [0, 0.05) is 8.59 Å². The Kier molecular flexibility index (Phi) is 5.01. The van der Waals surface area contributed by atoms with E-state index in [1.807, 2.05) is 36.4 Å². The molecule has 0 heterocycles. The van der Waals surface area contributed by atoms with Gasteiger partial charge in [-0.1, -0.05) is 41.9 Å². The van der Waals surface area contributed by atoms with Crippen LogP contribution in [0.25, 0.3) is 0 Å². The minimum atomic E-state index is 0.625. The van der Waals surface area contributed by atoms with E-state index in [0.29, 0.717) is 6.54 Å². The fraction of sp³-hybridized carbons (Fsp3) is 0.0714. The third-order valence-electron chi connectivity index (χ3n) is 2.38. The highest BCUT2D eigenvalue weighted by atomic mass is 127. The van der Waals surface area contributed by atoms with Crippen molar-refractivity contribution >= 4 is 40.4 Å². The molecule has 0 spiro atoms. The monoisotopic (exact) mass is 370 g/mol. The molecule has 2 aromatic carbocycles. The fourth-order valence-electron chi connectivity index (χ4n) is 1.48. The highest BCUT2D eigenvalue weighted by Gasteiger charge is 1.96. The van der Waals surface area contributed by atoms with Gasteiger partial charge in [0.15, 0.2) is 0 Å². The number of nitrogens with one attached hydrogen (secondary N) is 1. The van der Waals surface area contributed by atoms with E-state index in [-0.39, 0.29) is 0 Å². The van der Waals surface area contributed by atoms with Crippen molar-refractivity contribution < 1.29 is 0 Å². The first-order valence-electron chi connectivity index (χ1n) is 5.50. The molecule has 0 atom stereocenters. The molecule has 0 radical (unpaired) electrons. The molecule has 2 nitrogen and oxygen atoms in total. The Balaban J connectivity index is 1.91. The minimum absolute atomic E-state index is 0.625. The molecule has 18 heavy (non-hydrogen) atoms. The van der Waals surface area contributed by atoms with Crippen molar-refractivity contribution in [3.63, 3.8) is 0 Å². The Morgan fingerprint density at radius 3 is 2.78 bits per heavy atom. The van der Waals surface area contributed by atoms with Crippen molar-refractivity contribution in [1.82, 2.24) is 5.43 Å². The maximum atomic E-state index is 6.05. The molecule has 0 bridgehead atoms. The van der Waals surface area contributed by atoms with Gasteiger partial charge in [-0.15, -0.1) is 0 Å². The molecule has 0 saturated carbocycles. The van der Waals surface area contributed by atoms with Gasteiger partial charge in [0.05, 0.1) is 12.8 Å². The summed E-state index contributed by atoms with van der Waals surface area (Å²) in [7, 11) is 0. The molecule has 0 aliphatic carbocycles. The number of hydrogen-bond acceptors (Lipinski definition) is 2. The normalized spacial score (nSPS) is 10.8. The van der Waals surface area contributed by atoms with Crippen molar-refractivity contribution in [3.8, 4) is 0 Å². The van der Waals surface area contributed by atoms with Crippen LogP contribution < -0.4 is 5.43 Å². The van der Waals surface area contributed by atoms with Crippen LogP contribution in [0.2, 0.25) is 5.02 Å². The van der Waals surface area contributed by atoms with Crippen molar-refractivity contribution in [2.75, 3.05) is 0 Å². The second kappa shape index (κ2) is 6.75. The fourth-order valence-corrected chi connectivity index (χ4v) is 2.25. The predicted octanol–water partition coefficient (Wildman–Crippen LogP) is 4.07. The van der Waals surface area contributed by atoms with Crippen LogP contribution in [-0.2, 0) is 6.54 Å². The zero-order chi connectivity index (χ0) is 12.8. The zero-order valence-corrected chi connectivity index (χ0v) is 12.5. The summed E-state index contributed by atoms with van der Waals surface area (Å²) >= 11 is 8.33. The number of rotatable bonds is 4. The lowest BCUT2D eigenvalue weighted by Gasteiger charge is -2.02. The van der Waals surface area contributed by atoms with Crippen molar-refractivity contribution in [1.29, 1.82) is 0 Å². The van der Waals surface area contributed by atoms with E-state index < -0.39 is 0 Å². The van der Waals surface area contributed by atoms with E-state index in [1.54, 1.807) is 6.21 Å². The van der Waals surface area contributed by atoms with Gasteiger partial charge in [-0.25, -0.2) is 0 Å². The van der Waals surface area contributed by atoms with E-state index >= 15 is 0 Å². The van der Waals surface area contributed by atoms with Crippen LogP contribution in [0.1, 0.15) is 11.1 Å². The van der Waals surface area contributed by atoms with Crippen LogP contribution in [0, 0.1) is 3.57 Å². The second-order valence-electron chi connectivity index (χ2n) is 3.74. The number of nitrogens with zero attached hydrogens (tertiary/aromatic N) is 1. The van der Waals surface area contributed by atoms with Gasteiger partial charge in [-0.3, -0.25) is 0 Å². The van der Waals surface area contributed by atoms with Gasteiger partial charge < -0.3 is 5.43 Å². The lowest BCUT2D eigenvalue weighted by Crippen LogP contribution is -2.05. The molecule has 0 aromatic heterocycles. The lowest BCUT2D eigenvalue weighted by atomic mass is 10.2. The molecule has 2 aromatic rings. The van der Waals surface area contributed by atoms with Gasteiger partial charge in [-0.2, -0.15) is 5.10 Å². The summed E-state index contributed by atoms with van der Waals surface area (Å²) < 4.78 is 1.20. The SMILES string of the molecule is Clc1ccccc1CN/N=C\c1cccc(I)c1. The van der Waals surface area contributed by atoms with Gasteiger partial charge in [0.2, 0.25) is 0 Å². The molecule has 0 amide bonds. The van der Waals surface area contributed by atoms with E-state index in [2.05, 4.69) is 45.3 Å². The Labute approximate surface area is 125 Å². The molecule has 4 heteroatoms. The smallest absolute Gasteiger partial charge is 0.0594 e. The second-order valence-corrected chi connectivity index (χ2v) is 5.39. The molecule has 0 aliphatic heterocycles. The molecule has 0 unspecified atom stereocenters. The first-order valence-corrected chi connectivity index (χ1v) is 6.96. The third-order valence-corrected chi connectivity index (χ3v) is 3.42. The van der Waals surface area contributed by atoms with Crippen molar-refractivity contribution in [2.45, 2.75) is 6.54 Å². The lowest BCUT2D eigenvalue weighted by molar-refractivity contribution is 0.748. The van der Waals surface area contributed by atoms with Crippen molar-refractivity contribution in [3.05, 3.63) is 68.3 Å². The van der Waals surface area contributed by atoms with Crippen LogP contribution in [0.15, 0.2) is 53.6 Å². The van der Waals surface area contributed by atoms with Crippen LogP contribution in [-0.4, -0.2) is 6.21 Å². The maximum absolute atomic E-state index is 6.05. The van der Waals surface area contributed by atoms with Crippen LogP contribution in [0.5, 0.6) is 0 Å². The van der Waals surface area contributed by atoms with Gasteiger partial charge in [-0.05, 0) is 51.9 Å². The van der Waals surface area contributed by atoms with Gasteiger partial charge in [0.25, 0.3) is 0 Å². The highest BCUT2D eigenvalue weighted by molar-refractivity contribution is 14.1. The molecule has 0 saturated heterocycles. The van der Waals surface area contributed by atoms with E-state index in [0.717, 1.165) is 16.1 Å². The van der Waals surface area contributed by atoms with Crippen LogP contribution in [0.3, 0.4) is 0 Å². The molecular formula is C14H12ClIN2. The Morgan fingerprint density at radius 2 is 2.00 bits per heavy atom. The Bertz CT molecular complexity index is 555. The first-order chi connectivity index (χ1) is 8.75. The predicted molar refractivity (Wildman–Crippen MR) is 85.0 cm³/mol. The maximum Gasteiger partial charge on any atom is 0.0594 e. The average Bonchev–Trinajstić information content (AvgIpc) is 2.37. The minimum Gasteiger partial charge on any atom is -0.306 e. The molecular weight excluding hydrogens is 359 g/mol. The molecule has 1 N–H and O–H groups in total. The van der Waals surface area contributed by atoms with E-state index in [1.165, 1.54) is 3.57 Å². The van der Waals surface area contributed by atoms with Gasteiger partial charge in [0.1, 0.15) is 0 Å². The summed E-state index contributed by atoms with van der Waals surface area (Å²) in [6.07, 6.45) is 1.80. The number of benzene rings is 2. The summed E-state index contributed by atoms with van der Waals surface area (Å²) in [6, 6.07) is 15.9. The molecule has 2 rings (SSSR count). The third kappa shape index (κ3) is 3.99. The Morgan fingerprint density at radius 1 is 1.17 bits per heavy atom. The zero-order valence-electron chi connectivity index (χ0n) is 9.61. The Hall–Kier alpha value is -1.07. The quantitative estimate of drug-likeness (QED) is 0.490. The summed E-state index contributed by atoms with van der Waals surface area (Å²) in [5.74, 6) is 0. The highest BCUT2D eigenvalue weighted by Crippen LogP contribution is 2.14. The summed E-state index contributed by atoms with van der Waals surface area (Å²) in [5.41, 5.74) is 5.11. The summed E-state index contributed by atoms with van der Waals surface area (Å²) in [6.45, 7) is 0.625. The number of halogens is 2. The number of hydrogen-bond donors (Lipinski definition) is 1. The summed E-state index contributed by atoms with van der Waals surface area (Å²) in [5, 5.41) is 4.94. The topological polar surface area (TPSA) is 24.4 Å². The van der Waals surface area contributed by atoms with Crippen LogP contribution in [0.4, 0.5) is 0 Å². The molecule has 0 aliphatic rings. The molecule has 0 fully saturated rings. The van der Waals surface area contributed by atoms with E-state index in [4.69, 9.17) is 11.6 Å². The average molecular weight is 371 g/mol. The van der Waals surface area contributed by atoms with Crippen LogP contribution >= 0.6 is 34.2 Å². The number of hydrazone groups is 1.